The minimum Gasteiger partial charge on any atom is -0.441 e. The van der Waals surface area contributed by atoms with Gasteiger partial charge in [0.05, 0.1) is 6.54 Å². The summed E-state index contributed by atoms with van der Waals surface area (Å²) in [7, 11) is 0. The van der Waals surface area contributed by atoms with Gasteiger partial charge in [-0.3, -0.25) is 0 Å². The van der Waals surface area contributed by atoms with Gasteiger partial charge in [0, 0.05) is 16.8 Å². The largest absolute Gasteiger partial charge is 0.441 e. The van der Waals surface area contributed by atoms with Crippen LogP contribution in [0.2, 0.25) is 0 Å². The number of rotatable bonds is 3. The number of fused-ring (bicyclic) bond motifs is 1. The number of hydrogen-bond donors (Lipinski definition) is 0. The first-order valence-electron chi connectivity index (χ1n) is 9.45. The van der Waals surface area contributed by atoms with Gasteiger partial charge in [-0.05, 0) is 54.5 Å². The highest BCUT2D eigenvalue weighted by Gasteiger charge is 2.16. The van der Waals surface area contributed by atoms with Crippen molar-refractivity contribution in [1.82, 2.24) is 9.55 Å². The second-order valence-electron chi connectivity index (χ2n) is 8.28. The molecule has 3 heteroatoms. The molecule has 0 spiro atoms. The third-order valence-corrected chi connectivity index (χ3v) is 5.22. The van der Waals surface area contributed by atoms with E-state index in [1.165, 1.54) is 22.2 Å². The van der Waals surface area contributed by atoms with Crippen molar-refractivity contribution < 1.29 is 4.42 Å². The van der Waals surface area contributed by atoms with Gasteiger partial charge in [0.1, 0.15) is 11.5 Å². The Kier molecular flexibility index (Phi) is 4.18. The zero-order valence-electron chi connectivity index (χ0n) is 16.7. The lowest BCUT2D eigenvalue weighted by Crippen LogP contribution is -2.10. The number of benzene rings is 2. The van der Waals surface area contributed by atoms with E-state index in [0.29, 0.717) is 5.89 Å². The third-order valence-electron chi connectivity index (χ3n) is 5.22. The molecular formula is C24H26N2O. The first-order chi connectivity index (χ1) is 12.8. The summed E-state index contributed by atoms with van der Waals surface area (Å²) in [6.07, 6.45) is 0. The van der Waals surface area contributed by atoms with Crippen LogP contribution in [0.15, 0.2) is 59.0 Å². The van der Waals surface area contributed by atoms with Crippen LogP contribution in [0.3, 0.4) is 0 Å². The zero-order valence-corrected chi connectivity index (χ0v) is 16.7. The maximum Gasteiger partial charge on any atom is 0.226 e. The Balaban J connectivity index is 1.66. The molecule has 0 N–H and O–H groups in total. The summed E-state index contributed by atoms with van der Waals surface area (Å²) in [4.78, 5) is 4.81. The number of hydrogen-bond acceptors (Lipinski definition) is 2. The SMILES string of the molecule is Cc1oc(-c2ccc(C(C)(C)C)cc2)nc1Cn1c(C)cc2ccccc21. The normalized spacial score (nSPS) is 12.0. The van der Waals surface area contributed by atoms with Crippen molar-refractivity contribution in [1.29, 1.82) is 0 Å². The van der Waals surface area contributed by atoms with E-state index in [1.54, 1.807) is 0 Å². The van der Waals surface area contributed by atoms with E-state index >= 15 is 0 Å². The molecule has 0 aliphatic heterocycles. The Morgan fingerprint density at radius 1 is 0.963 bits per heavy atom. The molecular weight excluding hydrogens is 332 g/mol. The average molecular weight is 358 g/mol. The molecule has 138 valence electrons. The second-order valence-corrected chi connectivity index (χ2v) is 8.28. The van der Waals surface area contributed by atoms with E-state index in [1.807, 2.05) is 6.92 Å². The molecule has 4 rings (SSSR count). The van der Waals surface area contributed by atoms with E-state index in [2.05, 4.69) is 86.9 Å². The maximum atomic E-state index is 6.00. The molecule has 0 aliphatic carbocycles. The fourth-order valence-corrected chi connectivity index (χ4v) is 3.52. The summed E-state index contributed by atoms with van der Waals surface area (Å²) in [6.45, 7) is 11.5. The molecule has 0 atom stereocenters. The van der Waals surface area contributed by atoms with Gasteiger partial charge in [0.2, 0.25) is 5.89 Å². The Bertz CT molecular complexity index is 1090. The predicted molar refractivity (Wildman–Crippen MR) is 111 cm³/mol. The Morgan fingerprint density at radius 2 is 1.67 bits per heavy atom. The number of oxazole rings is 1. The summed E-state index contributed by atoms with van der Waals surface area (Å²) < 4.78 is 8.30. The number of para-hydroxylation sites is 1. The average Bonchev–Trinajstić information content (AvgIpc) is 3.15. The van der Waals surface area contributed by atoms with Gasteiger partial charge in [-0.15, -0.1) is 0 Å². The Hall–Kier alpha value is -2.81. The molecule has 4 aromatic rings. The third kappa shape index (κ3) is 3.30. The fourth-order valence-electron chi connectivity index (χ4n) is 3.52. The minimum atomic E-state index is 0.142. The van der Waals surface area contributed by atoms with Crippen molar-refractivity contribution in [3.63, 3.8) is 0 Å². The number of nitrogens with zero attached hydrogens (tertiary/aromatic N) is 2. The molecule has 2 heterocycles. The van der Waals surface area contributed by atoms with E-state index < -0.39 is 0 Å². The highest BCUT2D eigenvalue weighted by Crippen LogP contribution is 2.28. The van der Waals surface area contributed by atoms with Crippen molar-refractivity contribution in [2.24, 2.45) is 0 Å². The molecule has 2 aromatic heterocycles. The molecule has 0 saturated carbocycles. The predicted octanol–water partition coefficient (Wildman–Crippen LogP) is 6.26. The van der Waals surface area contributed by atoms with Crippen LogP contribution in [0, 0.1) is 13.8 Å². The standard InChI is InChI=1S/C24H26N2O/c1-16-14-19-8-6-7-9-22(19)26(16)15-21-17(2)27-23(25-21)18-10-12-20(13-11-18)24(3,4)5/h6-14H,15H2,1-5H3. The lowest BCUT2D eigenvalue weighted by Gasteiger charge is -2.18. The second kappa shape index (κ2) is 6.41. The van der Waals surface area contributed by atoms with Gasteiger partial charge in [0.15, 0.2) is 0 Å². The van der Waals surface area contributed by atoms with Gasteiger partial charge in [-0.2, -0.15) is 0 Å². The summed E-state index contributed by atoms with van der Waals surface area (Å²) in [5.41, 5.74) is 5.91. The summed E-state index contributed by atoms with van der Waals surface area (Å²) in [5, 5.41) is 1.26. The molecule has 0 radical (unpaired) electrons. The van der Waals surface area contributed by atoms with Crippen molar-refractivity contribution in [3.8, 4) is 11.5 Å². The highest BCUT2D eigenvalue weighted by atomic mass is 16.4. The quantitative estimate of drug-likeness (QED) is 0.433. The number of aryl methyl sites for hydroxylation is 2. The molecule has 0 amide bonds. The van der Waals surface area contributed by atoms with Crippen LogP contribution in [-0.4, -0.2) is 9.55 Å². The van der Waals surface area contributed by atoms with Crippen molar-refractivity contribution in [2.75, 3.05) is 0 Å². The Morgan fingerprint density at radius 3 is 2.37 bits per heavy atom. The van der Waals surface area contributed by atoms with Gasteiger partial charge in [-0.1, -0.05) is 51.1 Å². The highest BCUT2D eigenvalue weighted by molar-refractivity contribution is 5.81. The van der Waals surface area contributed by atoms with Gasteiger partial charge in [0.25, 0.3) is 0 Å². The molecule has 0 aliphatic rings. The van der Waals surface area contributed by atoms with Crippen molar-refractivity contribution >= 4 is 10.9 Å². The zero-order chi connectivity index (χ0) is 19.2. The van der Waals surface area contributed by atoms with Crippen LogP contribution in [0.5, 0.6) is 0 Å². The van der Waals surface area contributed by atoms with Gasteiger partial charge < -0.3 is 8.98 Å². The minimum absolute atomic E-state index is 0.142. The molecule has 0 unspecified atom stereocenters. The van der Waals surface area contributed by atoms with Crippen molar-refractivity contribution in [2.45, 2.75) is 46.6 Å². The van der Waals surface area contributed by atoms with Gasteiger partial charge >= 0.3 is 0 Å². The first kappa shape index (κ1) is 17.6. The van der Waals surface area contributed by atoms with E-state index in [0.717, 1.165) is 23.6 Å². The van der Waals surface area contributed by atoms with Gasteiger partial charge in [-0.25, -0.2) is 4.98 Å². The van der Waals surface area contributed by atoms with Crippen LogP contribution in [0.4, 0.5) is 0 Å². The molecule has 0 fully saturated rings. The lowest BCUT2D eigenvalue weighted by molar-refractivity contribution is 0.537. The summed E-state index contributed by atoms with van der Waals surface area (Å²) in [6, 6.07) is 19.2. The summed E-state index contributed by atoms with van der Waals surface area (Å²) >= 11 is 0. The Labute approximate surface area is 160 Å². The smallest absolute Gasteiger partial charge is 0.226 e. The van der Waals surface area contributed by atoms with E-state index in [-0.39, 0.29) is 5.41 Å². The molecule has 3 nitrogen and oxygen atoms in total. The molecule has 27 heavy (non-hydrogen) atoms. The van der Waals surface area contributed by atoms with Crippen molar-refractivity contribution in [3.05, 3.63) is 77.3 Å². The summed E-state index contributed by atoms with van der Waals surface area (Å²) in [5.74, 6) is 1.57. The van der Waals surface area contributed by atoms with Crippen LogP contribution in [0.1, 0.15) is 43.5 Å². The monoisotopic (exact) mass is 358 g/mol. The number of aromatic nitrogens is 2. The topological polar surface area (TPSA) is 31.0 Å². The maximum absolute atomic E-state index is 6.00. The van der Waals surface area contributed by atoms with E-state index in [4.69, 9.17) is 9.40 Å². The van der Waals surface area contributed by atoms with Crippen LogP contribution in [-0.2, 0) is 12.0 Å². The van der Waals surface area contributed by atoms with Crippen LogP contribution >= 0.6 is 0 Å². The molecule has 0 bridgehead atoms. The first-order valence-corrected chi connectivity index (χ1v) is 9.45. The van der Waals surface area contributed by atoms with E-state index in [9.17, 15) is 0 Å². The lowest BCUT2D eigenvalue weighted by atomic mass is 9.87. The van der Waals surface area contributed by atoms with Crippen LogP contribution < -0.4 is 0 Å². The molecule has 0 saturated heterocycles. The van der Waals surface area contributed by atoms with Crippen LogP contribution in [0.25, 0.3) is 22.4 Å². The fraction of sp³-hybridized carbons (Fsp3) is 0.292. The molecule has 2 aromatic carbocycles.